The first-order valence-electron chi connectivity index (χ1n) is 7.85. The maximum absolute atomic E-state index is 13.5. The zero-order chi connectivity index (χ0) is 18.5. The molecule has 0 aliphatic heterocycles. The molecule has 8 heteroatoms. The Bertz CT molecular complexity index is 912. The van der Waals surface area contributed by atoms with E-state index in [-0.39, 0.29) is 24.4 Å². The van der Waals surface area contributed by atoms with Crippen LogP contribution in [0.15, 0.2) is 42.5 Å². The Kier molecular flexibility index (Phi) is 5.58. The molecule has 26 heavy (non-hydrogen) atoms. The molecule has 0 radical (unpaired) electrons. The highest BCUT2D eigenvalue weighted by molar-refractivity contribution is 6.30. The Balaban J connectivity index is 1.53. The molecule has 3 rings (SSSR count). The number of carbonyl (C=O) groups excluding carboxylic acids is 1. The number of nitrogens with one attached hydrogen (secondary N) is 2. The lowest BCUT2D eigenvalue weighted by Gasteiger charge is -2.05. The number of hydrogen-bond donors (Lipinski definition) is 2. The monoisotopic (exact) mass is 376 g/mol. The van der Waals surface area contributed by atoms with Crippen molar-refractivity contribution >= 4 is 17.5 Å². The summed E-state index contributed by atoms with van der Waals surface area (Å²) in [6.07, 6.45) is 0.493. The van der Waals surface area contributed by atoms with Crippen molar-refractivity contribution in [2.45, 2.75) is 19.4 Å². The van der Waals surface area contributed by atoms with E-state index in [1.807, 2.05) is 12.1 Å². The van der Waals surface area contributed by atoms with Gasteiger partial charge in [-0.25, -0.2) is 13.8 Å². The molecule has 3 aromatic rings. The molecule has 2 N–H and O–H groups in total. The van der Waals surface area contributed by atoms with Crippen LogP contribution in [-0.2, 0) is 24.2 Å². The van der Waals surface area contributed by atoms with Crippen molar-refractivity contribution in [2.75, 3.05) is 0 Å². The molecule has 0 atom stereocenters. The van der Waals surface area contributed by atoms with E-state index in [4.69, 9.17) is 11.6 Å². The van der Waals surface area contributed by atoms with Crippen molar-refractivity contribution < 1.29 is 13.6 Å². The largest absolute Gasteiger partial charge is 0.352 e. The number of amides is 1. The summed E-state index contributed by atoms with van der Waals surface area (Å²) in [5.41, 5.74) is 1.21. The smallest absolute Gasteiger partial charge is 0.228 e. The number of hydrogen-bond acceptors (Lipinski definition) is 3. The average Bonchev–Trinajstić information content (AvgIpc) is 3.03. The fourth-order valence-electron chi connectivity index (χ4n) is 2.35. The molecule has 0 bridgehead atoms. The van der Waals surface area contributed by atoms with Crippen molar-refractivity contribution in [3.05, 3.63) is 81.9 Å². The van der Waals surface area contributed by atoms with Crippen molar-refractivity contribution in [2.24, 2.45) is 0 Å². The number of aromatic amines is 1. The Morgan fingerprint density at radius 3 is 2.65 bits per heavy atom. The predicted molar refractivity (Wildman–Crippen MR) is 92.5 cm³/mol. The lowest BCUT2D eigenvalue weighted by atomic mass is 10.1. The van der Waals surface area contributed by atoms with Crippen molar-refractivity contribution in [1.29, 1.82) is 0 Å². The van der Waals surface area contributed by atoms with E-state index in [0.717, 1.165) is 17.7 Å². The highest BCUT2D eigenvalue weighted by Crippen LogP contribution is 2.12. The molecule has 5 nitrogen and oxygen atoms in total. The summed E-state index contributed by atoms with van der Waals surface area (Å²) in [6, 6.07) is 10.6. The predicted octanol–water partition coefficient (Wildman–Crippen LogP) is 3.19. The minimum atomic E-state index is -0.701. The Labute approximate surface area is 153 Å². The molecule has 1 amide bonds. The van der Waals surface area contributed by atoms with Gasteiger partial charge in [0.1, 0.15) is 17.5 Å². The quantitative estimate of drug-likeness (QED) is 0.694. The van der Waals surface area contributed by atoms with E-state index in [1.54, 1.807) is 12.1 Å². The summed E-state index contributed by atoms with van der Waals surface area (Å²) in [5, 5.41) is 10.0. The van der Waals surface area contributed by atoms with Crippen LogP contribution >= 0.6 is 11.6 Å². The van der Waals surface area contributed by atoms with Crippen LogP contribution in [0, 0.1) is 11.6 Å². The number of nitrogens with zero attached hydrogens (tertiary/aromatic N) is 2. The van der Waals surface area contributed by atoms with Crippen molar-refractivity contribution in [3.8, 4) is 0 Å². The van der Waals surface area contributed by atoms with E-state index in [2.05, 4.69) is 20.5 Å². The van der Waals surface area contributed by atoms with E-state index < -0.39 is 11.6 Å². The first-order chi connectivity index (χ1) is 12.5. The second kappa shape index (κ2) is 8.05. The van der Waals surface area contributed by atoms with E-state index in [1.165, 1.54) is 6.07 Å². The number of benzene rings is 2. The van der Waals surface area contributed by atoms with Crippen LogP contribution in [0.2, 0.25) is 5.02 Å². The van der Waals surface area contributed by atoms with Crippen LogP contribution in [0.3, 0.4) is 0 Å². The molecule has 0 saturated carbocycles. The van der Waals surface area contributed by atoms with Crippen LogP contribution in [0.5, 0.6) is 0 Å². The first-order valence-corrected chi connectivity index (χ1v) is 8.22. The summed E-state index contributed by atoms with van der Waals surface area (Å²) in [5.74, 6) is -0.753. The third kappa shape index (κ3) is 4.86. The van der Waals surface area contributed by atoms with Crippen LogP contribution in [0.25, 0.3) is 0 Å². The first kappa shape index (κ1) is 18.0. The molecule has 0 unspecified atom stereocenters. The average molecular weight is 377 g/mol. The molecule has 0 saturated heterocycles. The fourth-order valence-corrected chi connectivity index (χ4v) is 2.48. The molecule has 0 spiro atoms. The van der Waals surface area contributed by atoms with Gasteiger partial charge >= 0.3 is 0 Å². The van der Waals surface area contributed by atoms with Gasteiger partial charge in [0.05, 0.1) is 6.42 Å². The molecule has 1 aromatic heterocycles. The molecule has 0 aliphatic rings. The second-order valence-electron chi connectivity index (χ2n) is 5.69. The summed E-state index contributed by atoms with van der Waals surface area (Å²) in [4.78, 5) is 16.2. The Morgan fingerprint density at radius 2 is 1.92 bits per heavy atom. The molecule has 134 valence electrons. The summed E-state index contributed by atoms with van der Waals surface area (Å²) >= 11 is 5.85. The fraction of sp³-hybridized carbons (Fsp3) is 0.167. The molecule has 1 heterocycles. The van der Waals surface area contributed by atoms with Crippen molar-refractivity contribution in [1.82, 2.24) is 20.5 Å². The van der Waals surface area contributed by atoms with Gasteiger partial charge in [0.15, 0.2) is 5.82 Å². The van der Waals surface area contributed by atoms with Gasteiger partial charge in [0.2, 0.25) is 5.91 Å². The summed E-state index contributed by atoms with van der Waals surface area (Å²) in [6.45, 7) is -0.0347. The molecular weight excluding hydrogens is 362 g/mol. The van der Waals surface area contributed by atoms with Gasteiger partial charge in [-0.1, -0.05) is 29.8 Å². The van der Waals surface area contributed by atoms with Crippen LogP contribution in [-0.4, -0.2) is 21.1 Å². The lowest BCUT2D eigenvalue weighted by molar-refractivity contribution is -0.120. The second-order valence-corrected chi connectivity index (χ2v) is 6.13. The van der Waals surface area contributed by atoms with Gasteiger partial charge in [-0.3, -0.25) is 9.89 Å². The zero-order valence-corrected chi connectivity index (χ0v) is 14.4. The maximum Gasteiger partial charge on any atom is 0.228 e. The summed E-state index contributed by atoms with van der Waals surface area (Å²) in [7, 11) is 0. The summed E-state index contributed by atoms with van der Waals surface area (Å²) < 4.78 is 26.4. The van der Waals surface area contributed by atoms with Gasteiger partial charge < -0.3 is 5.32 Å². The van der Waals surface area contributed by atoms with Crippen LogP contribution in [0.4, 0.5) is 8.78 Å². The van der Waals surface area contributed by atoms with Crippen LogP contribution in [0.1, 0.15) is 22.8 Å². The van der Waals surface area contributed by atoms with E-state index >= 15 is 0 Å². The van der Waals surface area contributed by atoms with Gasteiger partial charge in [-0.05, 0) is 23.8 Å². The topological polar surface area (TPSA) is 70.7 Å². The van der Waals surface area contributed by atoms with Gasteiger partial charge in [0, 0.05) is 29.6 Å². The van der Waals surface area contributed by atoms with Gasteiger partial charge in [-0.2, -0.15) is 5.10 Å². The standard InChI is InChI=1S/C18H15ClF2N4O/c19-13-4-1-11(2-5-13)7-16-23-17(25-24-16)9-18(26)22-10-12-3-6-14(20)8-15(12)21/h1-6,8H,7,9-10H2,(H,22,26)(H,23,24,25). The lowest BCUT2D eigenvalue weighted by Crippen LogP contribution is -2.25. The van der Waals surface area contributed by atoms with Gasteiger partial charge in [0.25, 0.3) is 0 Å². The Hall–Kier alpha value is -2.80. The SMILES string of the molecule is O=C(Cc1n[nH]c(Cc2ccc(Cl)cc2)n1)NCc1ccc(F)cc1F. The van der Waals surface area contributed by atoms with E-state index in [0.29, 0.717) is 23.1 Å². The third-order valence-electron chi connectivity index (χ3n) is 3.67. The molecule has 0 aliphatic carbocycles. The number of carbonyl (C=O) groups is 1. The number of aromatic nitrogens is 3. The maximum atomic E-state index is 13.5. The Morgan fingerprint density at radius 1 is 1.15 bits per heavy atom. The molecule has 2 aromatic carbocycles. The van der Waals surface area contributed by atoms with Crippen LogP contribution < -0.4 is 5.32 Å². The molecule has 0 fully saturated rings. The zero-order valence-electron chi connectivity index (χ0n) is 13.6. The highest BCUT2D eigenvalue weighted by atomic mass is 35.5. The third-order valence-corrected chi connectivity index (χ3v) is 3.92. The van der Waals surface area contributed by atoms with E-state index in [9.17, 15) is 13.6 Å². The van der Waals surface area contributed by atoms with Crippen molar-refractivity contribution in [3.63, 3.8) is 0 Å². The minimum Gasteiger partial charge on any atom is -0.352 e. The number of rotatable bonds is 6. The molecular formula is C18H15ClF2N4O. The number of H-pyrrole nitrogens is 1. The normalized spacial score (nSPS) is 10.7. The highest BCUT2D eigenvalue weighted by Gasteiger charge is 2.11. The minimum absolute atomic E-state index is 0.0347. The van der Waals surface area contributed by atoms with Gasteiger partial charge in [-0.15, -0.1) is 0 Å². The number of halogens is 3.